The van der Waals surface area contributed by atoms with Crippen molar-refractivity contribution in [2.45, 2.75) is 63.8 Å². The number of aliphatic carboxylic acids is 1. The van der Waals surface area contributed by atoms with Crippen LogP contribution in [0.5, 0.6) is 5.75 Å². The maximum Gasteiger partial charge on any atom is 0.322 e. The predicted octanol–water partition coefficient (Wildman–Crippen LogP) is 0.176. The van der Waals surface area contributed by atoms with E-state index in [4.69, 9.17) is 5.11 Å². The lowest BCUT2D eigenvalue weighted by Crippen LogP contribution is -2.58. The van der Waals surface area contributed by atoms with Crippen LogP contribution in [0.2, 0.25) is 0 Å². The lowest BCUT2D eigenvalue weighted by molar-refractivity contribution is -0.138. The molecule has 0 bridgehead atoms. The Morgan fingerprint density at radius 1 is 0.529 bits per heavy atom. The van der Waals surface area contributed by atoms with E-state index in [0.29, 0.717) is 11.1 Å². The van der Waals surface area contributed by atoms with Gasteiger partial charge in [-0.15, -0.1) is 0 Å². The van der Waals surface area contributed by atoms with Gasteiger partial charge in [-0.25, -0.2) is 0 Å². The van der Waals surface area contributed by atoms with Crippen molar-refractivity contribution < 1.29 is 43.8 Å². The van der Waals surface area contributed by atoms with Crippen molar-refractivity contribution in [3.05, 3.63) is 102 Å². The zero-order valence-electron chi connectivity index (χ0n) is 28.3. The van der Waals surface area contributed by atoms with Gasteiger partial charge in [-0.3, -0.25) is 33.6 Å². The molecule has 0 fully saturated rings. The zero-order valence-corrected chi connectivity index (χ0v) is 28.3. The zero-order chi connectivity index (χ0) is 37.5. The van der Waals surface area contributed by atoms with E-state index >= 15 is 0 Å². The number of hydrogen-bond acceptors (Lipinski definition) is 8. The maximum absolute atomic E-state index is 13.4. The number of hydrogen-bond donors (Lipinski definition) is 8. The van der Waals surface area contributed by atoms with E-state index in [9.17, 15) is 38.7 Å². The van der Waals surface area contributed by atoms with Crippen molar-refractivity contribution in [3.63, 3.8) is 0 Å². The van der Waals surface area contributed by atoms with E-state index < -0.39 is 78.2 Å². The monoisotopic (exact) mass is 702 g/mol. The van der Waals surface area contributed by atoms with Crippen LogP contribution in [-0.2, 0) is 41.6 Å². The molecule has 0 saturated heterocycles. The normalized spacial score (nSPS) is 13.5. The summed E-state index contributed by atoms with van der Waals surface area (Å²) in [6.07, 6.45) is 0.0780. The van der Waals surface area contributed by atoms with Gasteiger partial charge in [0.1, 0.15) is 42.5 Å². The Balaban J connectivity index is 1.65. The van der Waals surface area contributed by atoms with Crippen molar-refractivity contribution in [2.24, 2.45) is 0 Å². The van der Waals surface area contributed by atoms with Crippen molar-refractivity contribution in [3.8, 4) is 5.75 Å². The Morgan fingerprint density at radius 2 is 0.961 bits per heavy atom. The summed E-state index contributed by atoms with van der Waals surface area (Å²) in [5.41, 5.74) is 1.67. The molecule has 8 N–H and O–H groups in total. The van der Waals surface area contributed by atoms with Crippen LogP contribution in [-0.4, -0.2) is 88.4 Å². The van der Waals surface area contributed by atoms with Crippen LogP contribution in [0.4, 0.5) is 0 Å². The van der Waals surface area contributed by atoms with Crippen LogP contribution in [0, 0.1) is 0 Å². The second-order valence-corrected chi connectivity index (χ2v) is 11.8. The van der Waals surface area contributed by atoms with E-state index in [0.717, 1.165) is 5.56 Å². The fourth-order valence-electron chi connectivity index (χ4n) is 4.74. The molecule has 270 valence electrons. The molecule has 0 aromatic heterocycles. The van der Waals surface area contributed by atoms with Gasteiger partial charge in [-0.2, -0.15) is 0 Å². The summed E-state index contributed by atoms with van der Waals surface area (Å²) in [4.78, 5) is 88.8. The van der Waals surface area contributed by atoms with Crippen molar-refractivity contribution >= 4 is 41.4 Å². The van der Waals surface area contributed by atoms with Crippen molar-refractivity contribution in [2.75, 3.05) is 6.54 Å². The fourth-order valence-corrected chi connectivity index (χ4v) is 4.74. The standard InChI is InChI=1S/C36H42N6O9/c1-21(31(46)37-20-30(44)45)39-35(50)28(19-25-14-16-27(43)17-15-25)41-33(48)23(3)38-32(47)22(2)40-36(51)29(18-24-10-6-4-7-11-24)42-34(49)26-12-8-5-9-13-26/h4-17,21-23,28-29,43H,18-20H2,1-3H3,(H,37,46)(H,38,47)(H,39,50)(H,40,51)(H,41,48)(H,42,49)(H,44,45)/t21-,22-,23-,28-,29-/m0/s1. The van der Waals surface area contributed by atoms with Gasteiger partial charge in [0, 0.05) is 18.4 Å². The summed E-state index contributed by atoms with van der Waals surface area (Å²) >= 11 is 0. The molecule has 5 atom stereocenters. The number of nitrogens with one attached hydrogen (secondary N) is 6. The molecule has 3 rings (SSSR count). The second kappa shape index (κ2) is 19.1. The number of phenols is 1. The summed E-state index contributed by atoms with van der Waals surface area (Å²) in [5.74, 6) is -5.41. The third-order valence-electron chi connectivity index (χ3n) is 7.62. The quantitative estimate of drug-likeness (QED) is 0.0957. The van der Waals surface area contributed by atoms with Crippen LogP contribution in [0.25, 0.3) is 0 Å². The average Bonchev–Trinajstić information content (AvgIpc) is 3.11. The Morgan fingerprint density at radius 3 is 1.49 bits per heavy atom. The molecule has 0 unspecified atom stereocenters. The van der Waals surface area contributed by atoms with Gasteiger partial charge in [0.25, 0.3) is 5.91 Å². The minimum Gasteiger partial charge on any atom is -0.508 e. The van der Waals surface area contributed by atoms with Crippen LogP contribution in [0.3, 0.4) is 0 Å². The molecule has 15 nitrogen and oxygen atoms in total. The largest absolute Gasteiger partial charge is 0.508 e. The van der Waals surface area contributed by atoms with Gasteiger partial charge in [-0.1, -0.05) is 60.7 Å². The third-order valence-corrected chi connectivity index (χ3v) is 7.62. The van der Waals surface area contributed by atoms with E-state index in [2.05, 4.69) is 31.9 Å². The van der Waals surface area contributed by atoms with Gasteiger partial charge in [0.2, 0.25) is 29.5 Å². The number of carboxylic acids is 1. The van der Waals surface area contributed by atoms with E-state index in [1.54, 1.807) is 54.6 Å². The number of carbonyl (C=O) groups excluding carboxylic acids is 6. The molecule has 0 aliphatic carbocycles. The summed E-state index contributed by atoms with van der Waals surface area (Å²) in [7, 11) is 0. The molecular formula is C36H42N6O9. The van der Waals surface area contributed by atoms with Crippen LogP contribution < -0.4 is 31.9 Å². The first-order chi connectivity index (χ1) is 24.2. The first-order valence-electron chi connectivity index (χ1n) is 16.1. The summed E-state index contributed by atoms with van der Waals surface area (Å²) in [5, 5.41) is 33.4. The number of rotatable bonds is 17. The van der Waals surface area contributed by atoms with Crippen LogP contribution >= 0.6 is 0 Å². The molecule has 3 aromatic carbocycles. The fraction of sp³-hybridized carbons (Fsp3) is 0.306. The Hall–Kier alpha value is -6.25. The second-order valence-electron chi connectivity index (χ2n) is 11.8. The van der Waals surface area contributed by atoms with Gasteiger partial charge < -0.3 is 42.1 Å². The first-order valence-corrected chi connectivity index (χ1v) is 16.1. The Kier molecular flexibility index (Phi) is 14.7. The topological polar surface area (TPSA) is 232 Å². The highest BCUT2D eigenvalue weighted by Crippen LogP contribution is 2.12. The van der Waals surface area contributed by atoms with E-state index in [1.165, 1.54) is 45.0 Å². The first kappa shape index (κ1) is 39.2. The molecule has 0 radical (unpaired) electrons. The molecule has 6 amide bonds. The lowest BCUT2D eigenvalue weighted by Gasteiger charge is -2.24. The highest BCUT2D eigenvalue weighted by Gasteiger charge is 2.29. The minimum absolute atomic E-state index is 0.0185. The summed E-state index contributed by atoms with van der Waals surface area (Å²) in [6.45, 7) is 3.47. The van der Waals surface area contributed by atoms with Gasteiger partial charge in [0.15, 0.2) is 0 Å². The molecule has 0 saturated carbocycles. The number of amides is 6. The number of carbonyl (C=O) groups is 7. The summed E-state index contributed by atoms with van der Waals surface area (Å²) in [6, 6.07) is 17.4. The molecule has 0 spiro atoms. The Labute approximate surface area is 294 Å². The van der Waals surface area contributed by atoms with Crippen LogP contribution in [0.1, 0.15) is 42.3 Å². The van der Waals surface area contributed by atoms with Crippen LogP contribution in [0.15, 0.2) is 84.9 Å². The highest BCUT2D eigenvalue weighted by molar-refractivity contribution is 5.99. The van der Waals surface area contributed by atoms with Crippen molar-refractivity contribution in [1.29, 1.82) is 0 Å². The SMILES string of the molecule is C[C@H](NC(=O)[C@H](C)NC(=O)[C@H](Cc1ccccc1)NC(=O)c1ccccc1)C(=O)N[C@@H](Cc1ccc(O)cc1)C(=O)N[C@@H](C)C(=O)NCC(=O)O. The molecule has 0 aliphatic heterocycles. The van der Waals surface area contributed by atoms with Gasteiger partial charge in [0.05, 0.1) is 0 Å². The average molecular weight is 703 g/mol. The number of benzene rings is 3. The minimum atomic E-state index is -1.27. The molecule has 15 heteroatoms. The molecule has 51 heavy (non-hydrogen) atoms. The van der Waals surface area contributed by atoms with Gasteiger partial charge >= 0.3 is 5.97 Å². The third kappa shape index (κ3) is 12.9. The summed E-state index contributed by atoms with van der Waals surface area (Å²) < 4.78 is 0. The van der Waals surface area contributed by atoms with Gasteiger partial charge in [-0.05, 0) is 56.2 Å². The highest BCUT2D eigenvalue weighted by atomic mass is 16.4. The maximum atomic E-state index is 13.4. The molecule has 0 aliphatic rings. The smallest absolute Gasteiger partial charge is 0.322 e. The van der Waals surface area contributed by atoms with E-state index in [1.807, 2.05) is 6.07 Å². The van der Waals surface area contributed by atoms with Crippen molar-refractivity contribution in [1.82, 2.24) is 31.9 Å². The number of aromatic hydroxyl groups is 1. The van der Waals surface area contributed by atoms with E-state index in [-0.39, 0.29) is 18.6 Å². The molecule has 3 aromatic rings. The Bertz CT molecular complexity index is 1690. The number of phenolic OH excluding ortho intramolecular Hbond substituents is 1. The molecule has 0 heterocycles. The molecular weight excluding hydrogens is 660 g/mol. The number of carboxylic acid groups (broad SMARTS) is 1. The predicted molar refractivity (Wildman–Crippen MR) is 185 cm³/mol. The lowest BCUT2D eigenvalue weighted by atomic mass is 10.0.